The van der Waals surface area contributed by atoms with E-state index in [2.05, 4.69) is 32.1 Å². The van der Waals surface area contributed by atoms with Gasteiger partial charge in [0.05, 0.1) is 67.2 Å². The monoisotopic (exact) mass is 641 g/mol. The minimum absolute atomic E-state index is 0.0672. The summed E-state index contributed by atoms with van der Waals surface area (Å²) in [5.41, 5.74) is 4.89. The van der Waals surface area contributed by atoms with E-state index in [1.165, 1.54) is 12.1 Å². The molecule has 5 rings (SSSR count). The molecule has 3 aromatic heterocycles. The first-order valence-corrected chi connectivity index (χ1v) is 15.9. The van der Waals surface area contributed by atoms with Crippen LogP contribution in [-0.2, 0) is 18.8 Å². The molecule has 0 unspecified atom stereocenters. The van der Waals surface area contributed by atoms with Crippen molar-refractivity contribution in [1.29, 1.82) is 0 Å². The number of ether oxygens (including phenoxy) is 4. The second kappa shape index (κ2) is 16.0. The highest BCUT2D eigenvalue weighted by atomic mass is 31.2. The van der Waals surface area contributed by atoms with Crippen LogP contribution >= 0.6 is 7.60 Å². The zero-order valence-corrected chi connectivity index (χ0v) is 25.9. The minimum atomic E-state index is -4.33. The molecule has 0 aliphatic rings. The van der Waals surface area contributed by atoms with Crippen molar-refractivity contribution in [3.05, 3.63) is 103 Å². The summed E-state index contributed by atoms with van der Waals surface area (Å²) in [4.78, 5) is 27.6. The van der Waals surface area contributed by atoms with Crippen molar-refractivity contribution in [1.82, 2.24) is 25.0 Å². The molecule has 2 N–H and O–H groups in total. The van der Waals surface area contributed by atoms with Gasteiger partial charge in [-0.1, -0.05) is 23.1 Å². The number of pyridine rings is 2. The molecular formula is C33H32N5O7P. The summed E-state index contributed by atoms with van der Waals surface area (Å²) in [5, 5.41) is 8.64. The van der Waals surface area contributed by atoms with Crippen LogP contribution in [0.15, 0.2) is 91.4 Å². The molecule has 0 aliphatic heterocycles. The molecule has 13 heteroatoms. The van der Waals surface area contributed by atoms with Crippen LogP contribution in [0.3, 0.4) is 0 Å². The number of aromatic nitrogens is 5. The number of hydrogen-bond donors (Lipinski definition) is 2. The van der Waals surface area contributed by atoms with E-state index in [4.69, 9.17) is 18.9 Å². The van der Waals surface area contributed by atoms with Gasteiger partial charge in [0.15, 0.2) is 0 Å². The Morgan fingerprint density at radius 3 is 2.28 bits per heavy atom. The van der Waals surface area contributed by atoms with Crippen LogP contribution in [0.2, 0.25) is 0 Å². The molecule has 0 atom stereocenters. The van der Waals surface area contributed by atoms with Crippen molar-refractivity contribution >= 4 is 12.9 Å². The zero-order valence-electron chi connectivity index (χ0n) is 25.0. The second-order valence-electron chi connectivity index (χ2n) is 9.78. The Morgan fingerprint density at radius 2 is 1.54 bits per heavy atom. The molecule has 0 fully saturated rings. The SMILES string of the molecule is COCCOCCOCCOc1cc(-n2cc(-c3ccnc(-c4ccccn4)c3)nn2)ccc1C#Cc1ccc(P(=O)(O)O)cc1. The Hall–Kier alpha value is -4.73. The fraction of sp³-hybridized carbons (Fsp3) is 0.212. The number of nitrogens with zero attached hydrogens (tertiary/aromatic N) is 5. The van der Waals surface area contributed by atoms with Gasteiger partial charge in [0, 0.05) is 36.7 Å². The zero-order chi connectivity index (χ0) is 32.2. The molecule has 46 heavy (non-hydrogen) atoms. The molecule has 5 aromatic rings. The first-order valence-electron chi connectivity index (χ1n) is 14.3. The van der Waals surface area contributed by atoms with Crippen molar-refractivity contribution in [2.24, 2.45) is 0 Å². The third kappa shape index (κ3) is 9.15. The summed E-state index contributed by atoms with van der Waals surface area (Å²) in [7, 11) is -2.71. The third-order valence-electron chi connectivity index (χ3n) is 6.54. The Balaban J connectivity index is 1.34. The van der Waals surface area contributed by atoms with E-state index < -0.39 is 7.60 Å². The van der Waals surface area contributed by atoms with Crippen LogP contribution in [0.1, 0.15) is 11.1 Å². The summed E-state index contributed by atoms with van der Waals surface area (Å²) in [6.45, 7) is 2.50. The molecule has 0 amide bonds. The largest absolute Gasteiger partial charge is 0.490 e. The Morgan fingerprint density at radius 1 is 0.783 bits per heavy atom. The van der Waals surface area contributed by atoms with Gasteiger partial charge in [0.1, 0.15) is 18.1 Å². The van der Waals surface area contributed by atoms with E-state index in [9.17, 15) is 14.4 Å². The topological polar surface area (TPSA) is 151 Å². The molecule has 0 bridgehead atoms. The van der Waals surface area contributed by atoms with Crippen LogP contribution in [0.5, 0.6) is 5.75 Å². The molecular weight excluding hydrogens is 609 g/mol. The lowest BCUT2D eigenvalue weighted by molar-refractivity contribution is 0.0179. The Bertz CT molecular complexity index is 1830. The van der Waals surface area contributed by atoms with Crippen molar-refractivity contribution in [3.8, 4) is 45.9 Å². The van der Waals surface area contributed by atoms with Crippen molar-refractivity contribution in [2.75, 3.05) is 46.8 Å². The maximum Gasteiger partial charge on any atom is 0.356 e. The van der Waals surface area contributed by atoms with Crippen molar-refractivity contribution in [3.63, 3.8) is 0 Å². The van der Waals surface area contributed by atoms with E-state index >= 15 is 0 Å². The minimum Gasteiger partial charge on any atom is -0.490 e. The average Bonchev–Trinajstić information content (AvgIpc) is 3.58. The van der Waals surface area contributed by atoms with E-state index in [1.54, 1.807) is 36.3 Å². The fourth-order valence-electron chi connectivity index (χ4n) is 4.20. The van der Waals surface area contributed by atoms with Gasteiger partial charge in [0.2, 0.25) is 0 Å². The molecule has 0 spiro atoms. The average molecular weight is 642 g/mol. The number of methoxy groups -OCH3 is 1. The quantitative estimate of drug-likeness (QED) is 0.104. The first-order chi connectivity index (χ1) is 22.4. The van der Waals surface area contributed by atoms with Crippen LogP contribution < -0.4 is 10.0 Å². The fourth-order valence-corrected chi connectivity index (χ4v) is 4.73. The second-order valence-corrected chi connectivity index (χ2v) is 11.4. The normalized spacial score (nSPS) is 11.2. The van der Waals surface area contributed by atoms with Gasteiger partial charge in [-0.3, -0.25) is 14.5 Å². The van der Waals surface area contributed by atoms with Gasteiger partial charge in [0.25, 0.3) is 0 Å². The van der Waals surface area contributed by atoms with Gasteiger partial charge >= 0.3 is 7.60 Å². The molecule has 0 saturated heterocycles. The number of hydrogen-bond acceptors (Lipinski definition) is 9. The first kappa shape index (κ1) is 32.7. The lowest BCUT2D eigenvalue weighted by Gasteiger charge is -2.11. The standard InChI is InChI=1S/C33H32N5O7P/c1-42-16-17-43-18-19-44-20-21-45-33-23-28(10-9-26(33)8-5-25-6-11-29(12-7-25)46(39,40)41)38-24-32(36-37-38)27-13-15-35-31(22-27)30-4-2-3-14-34-30/h2-4,6-7,9-15,22-24H,16-21H2,1H3,(H2,39,40,41). The predicted octanol–water partition coefficient (Wildman–Crippen LogP) is 3.65. The van der Waals surface area contributed by atoms with Gasteiger partial charge < -0.3 is 28.7 Å². The van der Waals surface area contributed by atoms with E-state index in [-0.39, 0.29) is 11.9 Å². The summed E-state index contributed by atoms with van der Waals surface area (Å²) in [6.07, 6.45) is 5.25. The van der Waals surface area contributed by atoms with Gasteiger partial charge in [-0.2, -0.15) is 0 Å². The van der Waals surface area contributed by atoms with Crippen LogP contribution in [0.4, 0.5) is 0 Å². The Labute approximate surface area is 266 Å². The highest BCUT2D eigenvalue weighted by molar-refractivity contribution is 7.60. The van der Waals surface area contributed by atoms with Crippen molar-refractivity contribution in [2.45, 2.75) is 0 Å². The summed E-state index contributed by atoms with van der Waals surface area (Å²) < 4.78 is 35.2. The maximum absolute atomic E-state index is 11.5. The third-order valence-corrected chi connectivity index (χ3v) is 7.51. The highest BCUT2D eigenvalue weighted by Gasteiger charge is 2.16. The molecule has 2 aromatic carbocycles. The van der Waals surface area contributed by atoms with E-state index in [0.29, 0.717) is 61.3 Å². The smallest absolute Gasteiger partial charge is 0.356 e. The van der Waals surface area contributed by atoms with E-state index in [1.807, 2.05) is 54.7 Å². The predicted molar refractivity (Wildman–Crippen MR) is 171 cm³/mol. The maximum atomic E-state index is 11.5. The van der Waals surface area contributed by atoms with Crippen LogP contribution in [-0.4, -0.2) is 81.5 Å². The van der Waals surface area contributed by atoms with Gasteiger partial charge in [-0.25, -0.2) is 4.68 Å². The summed E-state index contributed by atoms with van der Waals surface area (Å²) in [6, 6.07) is 20.8. The van der Waals surface area contributed by atoms with Crippen molar-refractivity contribution < 1.29 is 33.3 Å². The van der Waals surface area contributed by atoms with E-state index in [0.717, 1.165) is 17.0 Å². The molecule has 12 nitrogen and oxygen atoms in total. The van der Waals surface area contributed by atoms with Gasteiger partial charge in [-0.05, 0) is 60.7 Å². The number of rotatable bonds is 14. The van der Waals surface area contributed by atoms with Gasteiger partial charge in [-0.15, -0.1) is 5.10 Å². The summed E-state index contributed by atoms with van der Waals surface area (Å²) >= 11 is 0. The number of benzene rings is 2. The molecule has 0 saturated carbocycles. The summed E-state index contributed by atoms with van der Waals surface area (Å²) in [5.74, 6) is 6.64. The Kier molecular flexibility index (Phi) is 11.4. The van der Waals surface area contributed by atoms with Crippen LogP contribution in [0.25, 0.3) is 28.3 Å². The van der Waals surface area contributed by atoms with Crippen LogP contribution in [0, 0.1) is 11.8 Å². The lowest BCUT2D eigenvalue weighted by atomic mass is 10.1. The molecule has 236 valence electrons. The molecule has 0 radical (unpaired) electrons. The lowest BCUT2D eigenvalue weighted by Crippen LogP contribution is -2.12. The highest BCUT2D eigenvalue weighted by Crippen LogP contribution is 2.32. The molecule has 0 aliphatic carbocycles. The molecule has 3 heterocycles.